The summed E-state index contributed by atoms with van der Waals surface area (Å²) in [6.07, 6.45) is 2.37. The van der Waals surface area contributed by atoms with Crippen molar-refractivity contribution in [2.75, 3.05) is 33.1 Å². The van der Waals surface area contributed by atoms with Crippen molar-refractivity contribution >= 4 is 34.3 Å². The van der Waals surface area contributed by atoms with Crippen molar-refractivity contribution in [1.29, 1.82) is 0 Å². The molecule has 0 aromatic carbocycles. The smallest absolute Gasteiger partial charge is 0.265 e. The summed E-state index contributed by atoms with van der Waals surface area (Å²) in [5.41, 5.74) is -0.804. The molecule has 7 nitrogen and oxygen atoms in total. The van der Waals surface area contributed by atoms with Crippen LogP contribution in [-0.2, 0) is 4.74 Å². The Morgan fingerprint density at radius 3 is 2.83 bits per heavy atom. The summed E-state index contributed by atoms with van der Waals surface area (Å²) < 4.78 is 25.0. The Morgan fingerprint density at radius 2 is 2.25 bits per heavy atom. The second-order valence-corrected chi connectivity index (χ2v) is 6.60. The summed E-state index contributed by atoms with van der Waals surface area (Å²) in [6.45, 7) is 1.45. The second kappa shape index (κ2) is 6.83. The summed E-state index contributed by atoms with van der Waals surface area (Å²) in [7, 11) is 1.85. The van der Waals surface area contributed by atoms with E-state index in [-0.39, 0.29) is 34.1 Å². The second-order valence-electron chi connectivity index (χ2n) is 5.44. The molecule has 1 aliphatic heterocycles. The number of aromatic amines is 1. The number of nitrogens with zero attached hydrogens (tertiary/aromatic N) is 2. The van der Waals surface area contributed by atoms with Crippen LogP contribution in [0.2, 0.25) is 5.15 Å². The molecule has 0 unspecified atom stereocenters. The van der Waals surface area contributed by atoms with Crippen LogP contribution in [0.1, 0.15) is 6.42 Å². The molecule has 0 radical (unpaired) electrons. The third kappa shape index (κ3) is 3.08. The van der Waals surface area contributed by atoms with Crippen molar-refractivity contribution in [2.45, 2.75) is 17.1 Å². The summed E-state index contributed by atoms with van der Waals surface area (Å²) in [4.78, 5) is 22.7. The van der Waals surface area contributed by atoms with Gasteiger partial charge in [0, 0.05) is 6.42 Å². The van der Waals surface area contributed by atoms with Gasteiger partial charge < -0.3 is 19.8 Å². The van der Waals surface area contributed by atoms with Gasteiger partial charge in [-0.3, -0.25) is 4.79 Å². The van der Waals surface area contributed by atoms with Crippen molar-refractivity contribution in [3.8, 4) is 5.88 Å². The van der Waals surface area contributed by atoms with Gasteiger partial charge in [-0.1, -0.05) is 23.4 Å². The number of nitrogens with one attached hydrogen (secondary N) is 2. The number of halogens is 2. The van der Waals surface area contributed by atoms with Crippen molar-refractivity contribution in [3.63, 3.8) is 0 Å². The van der Waals surface area contributed by atoms with Crippen LogP contribution < -0.4 is 15.6 Å². The molecule has 3 rings (SSSR count). The number of hydrogen-bond donors (Lipinski definition) is 2. The number of ether oxygens (including phenoxy) is 2. The fourth-order valence-electron chi connectivity index (χ4n) is 2.41. The monoisotopic (exact) mass is 374 g/mol. The van der Waals surface area contributed by atoms with E-state index in [9.17, 15) is 9.18 Å². The highest BCUT2D eigenvalue weighted by atomic mass is 35.5. The minimum Gasteiger partial charge on any atom is -0.477 e. The molecule has 1 aliphatic rings. The molecule has 3 heterocycles. The largest absolute Gasteiger partial charge is 0.477 e. The Balaban J connectivity index is 1.93. The van der Waals surface area contributed by atoms with E-state index in [1.165, 1.54) is 11.8 Å². The first kappa shape index (κ1) is 17.4. The van der Waals surface area contributed by atoms with Crippen molar-refractivity contribution in [3.05, 3.63) is 21.3 Å². The first-order valence-electron chi connectivity index (χ1n) is 7.22. The van der Waals surface area contributed by atoms with Crippen LogP contribution in [0.3, 0.4) is 0 Å². The van der Waals surface area contributed by atoms with Gasteiger partial charge >= 0.3 is 0 Å². The van der Waals surface area contributed by atoms with E-state index in [1.54, 1.807) is 6.26 Å². The van der Waals surface area contributed by atoms with Gasteiger partial charge in [-0.25, -0.2) is 9.37 Å². The molecule has 2 aromatic rings. The van der Waals surface area contributed by atoms with Crippen LogP contribution in [0.15, 0.2) is 9.95 Å². The van der Waals surface area contributed by atoms with Gasteiger partial charge in [0.1, 0.15) is 10.9 Å². The summed E-state index contributed by atoms with van der Waals surface area (Å²) in [6, 6.07) is 0. The maximum Gasteiger partial charge on any atom is 0.265 e. The molecule has 0 amide bonds. The predicted molar refractivity (Wildman–Crippen MR) is 89.6 cm³/mol. The van der Waals surface area contributed by atoms with Crippen molar-refractivity contribution in [2.24, 2.45) is 0 Å². The van der Waals surface area contributed by atoms with Crippen molar-refractivity contribution < 1.29 is 13.9 Å². The van der Waals surface area contributed by atoms with Crippen LogP contribution in [0.4, 0.5) is 4.39 Å². The van der Waals surface area contributed by atoms with Gasteiger partial charge in [0.25, 0.3) is 5.56 Å². The van der Waals surface area contributed by atoms with E-state index >= 15 is 0 Å². The number of aromatic nitrogens is 3. The van der Waals surface area contributed by atoms with E-state index < -0.39 is 11.4 Å². The maximum atomic E-state index is 14.2. The fraction of sp³-hybridized carbons (Fsp3) is 0.500. The third-order valence-electron chi connectivity index (χ3n) is 4.00. The van der Waals surface area contributed by atoms with Gasteiger partial charge in [0.2, 0.25) is 5.88 Å². The zero-order valence-corrected chi connectivity index (χ0v) is 14.7. The van der Waals surface area contributed by atoms with E-state index in [0.717, 1.165) is 0 Å². The molecule has 130 valence electrons. The Bertz CT molecular complexity index is 822. The highest BCUT2D eigenvalue weighted by Gasteiger charge is 2.36. The number of pyridine rings is 1. The quantitative estimate of drug-likeness (QED) is 0.451. The van der Waals surface area contributed by atoms with Gasteiger partial charge in [-0.05, 0) is 13.3 Å². The van der Waals surface area contributed by atoms with Crippen LogP contribution >= 0.6 is 23.4 Å². The van der Waals surface area contributed by atoms with Gasteiger partial charge in [0.05, 0.1) is 25.4 Å². The number of fused-ring (bicyclic) bond motifs is 1. The molecule has 2 N–H and O–H groups in total. The lowest BCUT2D eigenvalue weighted by atomic mass is 9.94. The van der Waals surface area contributed by atoms with E-state index in [0.29, 0.717) is 24.8 Å². The normalized spacial score (nSPS) is 16.2. The lowest BCUT2D eigenvalue weighted by Crippen LogP contribution is -2.59. The zero-order chi connectivity index (χ0) is 17.3. The van der Waals surface area contributed by atoms with Crippen LogP contribution in [0.25, 0.3) is 10.9 Å². The number of hydrogen-bond acceptors (Lipinski definition) is 7. The Morgan fingerprint density at radius 1 is 1.50 bits per heavy atom. The Kier molecular flexibility index (Phi) is 4.95. The summed E-state index contributed by atoms with van der Waals surface area (Å²) >= 11 is 7.01. The number of rotatable bonds is 6. The molecule has 0 atom stereocenters. The molecule has 1 fully saturated rings. The molecule has 10 heteroatoms. The first-order chi connectivity index (χ1) is 11.5. The lowest BCUT2D eigenvalue weighted by molar-refractivity contribution is -0.0789. The minimum atomic E-state index is -0.834. The molecule has 0 aliphatic carbocycles. The minimum absolute atomic E-state index is 0.0238. The fourth-order valence-corrected chi connectivity index (χ4v) is 2.95. The Labute approximate surface area is 146 Å². The third-order valence-corrected chi connectivity index (χ3v) is 4.83. The molecule has 2 aromatic heterocycles. The van der Waals surface area contributed by atoms with Gasteiger partial charge in [0.15, 0.2) is 16.1 Å². The van der Waals surface area contributed by atoms with E-state index in [1.807, 2.05) is 7.05 Å². The first-order valence-corrected chi connectivity index (χ1v) is 8.82. The Hall–Kier alpha value is -1.42. The molecule has 24 heavy (non-hydrogen) atoms. The highest BCUT2D eigenvalue weighted by Crippen LogP contribution is 2.28. The number of thioether (sulfide) groups is 1. The van der Waals surface area contributed by atoms with Crippen molar-refractivity contribution in [1.82, 2.24) is 20.3 Å². The lowest BCUT2D eigenvalue weighted by Gasteiger charge is -2.41. The number of likely N-dealkylation sites (N-methyl/N-ethyl adjacent to an activating group) is 1. The topological polar surface area (TPSA) is 89.1 Å². The molecule has 0 spiro atoms. The van der Waals surface area contributed by atoms with Gasteiger partial charge in [-0.15, -0.1) is 0 Å². The van der Waals surface area contributed by atoms with Crippen LogP contribution in [0, 0.1) is 5.82 Å². The van der Waals surface area contributed by atoms with E-state index in [2.05, 4.69) is 20.3 Å². The van der Waals surface area contributed by atoms with Crippen LogP contribution in [-0.4, -0.2) is 53.6 Å². The summed E-state index contributed by atoms with van der Waals surface area (Å²) in [5.74, 6) is -0.858. The average Bonchev–Trinajstić information content (AvgIpc) is 2.54. The highest BCUT2D eigenvalue weighted by molar-refractivity contribution is 7.98. The average molecular weight is 375 g/mol. The standard InChI is InChI=1S/C14H16ClFN4O3S/c1-17-14(5-22-6-14)3-4-23-12-7-9(8(16)10(15)19-12)18-13(24-2)20-11(7)21/h17H,3-6H2,1-2H3,(H,18,20,21). The number of H-pyrrole nitrogens is 1. The molecule has 0 saturated carbocycles. The molecular formula is C14H16ClFN4O3S. The molecule has 0 bridgehead atoms. The molecule has 1 saturated heterocycles. The van der Waals surface area contributed by atoms with E-state index in [4.69, 9.17) is 21.1 Å². The zero-order valence-electron chi connectivity index (χ0n) is 13.1. The molecular weight excluding hydrogens is 359 g/mol. The van der Waals surface area contributed by atoms with Gasteiger partial charge in [-0.2, -0.15) is 4.98 Å². The van der Waals surface area contributed by atoms with Crippen LogP contribution in [0.5, 0.6) is 5.88 Å². The summed E-state index contributed by atoms with van der Waals surface area (Å²) in [5, 5.41) is 3.06. The maximum absolute atomic E-state index is 14.2. The SMILES string of the molecule is CNC1(CCOc2nc(Cl)c(F)c3nc(SC)[nH]c(=O)c23)COC1. The predicted octanol–water partition coefficient (Wildman–Crippen LogP) is 1.59.